The summed E-state index contributed by atoms with van der Waals surface area (Å²) in [6.07, 6.45) is 5.86. The number of sulfone groups is 1. The van der Waals surface area contributed by atoms with Gasteiger partial charge in [0.2, 0.25) is 10.0 Å². The highest BCUT2D eigenvalue weighted by Gasteiger charge is 2.53. The summed E-state index contributed by atoms with van der Waals surface area (Å²) in [6.45, 7) is 5.84. The largest absolute Gasteiger partial charge is 0.378 e. The first-order valence-corrected chi connectivity index (χ1v) is 13.9. The zero-order valence-electron chi connectivity index (χ0n) is 17.6. The van der Waals surface area contributed by atoms with Crippen LogP contribution < -0.4 is 9.62 Å². The Morgan fingerprint density at radius 1 is 1.27 bits per heavy atom. The molecule has 0 aromatic carbocycles. The van der Waals surface area contributed by atoms with Crippen molar-refractivity contribution >= 4 is 25.7 Å². The van der Waals surface area contributed by atoms with Gasteiger partial charge in [-0.25, -0.2) is 26.5 Å². The van der Waals surface area contributed by atoms with E-state index in [2.05, 4.69) is 14.6 Å². The van der Waals surface area contributed by atoms with Crippen LogP contribution in [0.25, 0.3) is 0 Å². The Kier molecular flexibility index (Phi) is 5.89. The van der Waals surface area contributed by atoms with Crippen LogP contribution in [0.4, 0.5) is 5.82 Å². The van der Waals surface area contributed by atoms with Gasteiger partial charge < -0.3 is 9.64 Å². The molecule has 2 saturated heterocycles. The van der Waals surface area contributed by atoms with E-state index in [1.165, 1.54) is 6.20 Å². The summed E-state index contributed by atoms with van der Waals surface area (Å²) in [5.74, 6) is 1.30. The fourth-order valence-electron chi connectivity index (χ4n) is 4.62. The lowest BCUT2D eigenvalue weighted by atomic mass is 9.99. The van der Waals surface area contributed by atoms with Crippen LogP contribution in [-0.4, -0.2) is 64.7 Å². The second kappa shape index (κ2) is 8.03. The molecule has 3 heterocycles. The molecule has 3 aliphatic rings. The third kappa shape index (κ3) is 4.11. The van der Waals surface area contributed by atoms with Crippen LogP contribution in [0.5, 0.6) is 0 Å². The molecule has 1 aromatic heterocycles. The van der Waals surface area contributed by atoms with Crippen LogP contribution in [-0.2, 0) is 24.6 Å². The number of aryl methyl sites for hydroxylation is 1. The van der Waals surface area contributed by atoms with E-state index in [1.807, 2.05) is 6.07 Å². The first kappa shape index (κ1) is 22.0. The predicted molar refractivity (Wildman–Crippen MR) is 115 cm³/mol. The van der Waals surface area contributed by atoms with Gasteiger partial charge in [-0.1, -0.05) is 6.92 Å². The summed E-state index contributed by atoms with van der Waals surface area (Å²) >= 11 is 0. The van der Waals surface area contributed by atoms with E-state index in [-0.39, 0.29) is 17.2 Å². The van der Waals surface area contributed by atoms with E-state index in [0.717, 1.165) is 44.8 Å². The van der Waals surface area contributed by atoms with Crippen molar-refractivity contribution in [2.45, 2.75) is 61.7 Å². The van der Waals surface area contributed by atoms with Gasteiger partial charge in [0, 0.05) is 44.1 Å². The highest BCUT2D eigenvalue weighted by atomic mass is 32.2. The average Bonchev–Trinajstić information content (AvgIpc) is 3.44. The molecule has 1 aliphatic carbocycles. The molecule has 8 nitrogen and oxygen atoms in total. The molecule has 0 amide bonds. The second-order valence-electron chi connectivity index (χ2n) is 8.77. The van der Waals surface area contributed by atoms with Gasteiger partial charge in [0.1, 0.15) is 10.7 Å². The summed E-state index contributed by atoms with van der Waals surface area (Å²) in [4.78, 5) is 6.79. The highest BCUT2D eigenvalue weighted by molar-refractivity contribution is 7.93. The Morgan fingerprint density at radius 2 is 2.03 bits per heavy atom. The number of rotatable bonds is 7. The number of aromatic nitrogens is 1. The number of sulfonamides is 1. The van der Waals surface area contributed by atoms with Crippen molar-refractivity contribution in [3.63, 3.8) is 0 Å². The Balaban J connectivity index is 1.48. The Bertz CT molecular complexity index is 1010. The van der Waals surface area contributed by atoms with Gasteiger partial charge in [0.15, 0.2) is 9.84 Å². The van der Waals surface area contributed by atoms with Crippen LogP contribution >= 0.6 is 0 Å². The van der Waals surface area contributed by atoms with Crippen molar-refractivity contribution < 1.29 is 21.6 Å². The third-order valence-corrected chi connectivity index (χ3v) is 11.0. The monoisotopic (exact) mass is 457 g/mol. The smallest absolute Gasteiger partial charge is 0.242 e. The molecular formula is C20H31N3O5S2. The SMILES string of the molecule is CCS(=O)(=O)C1(CNS(=O)(=O)c2cnc(N3CCC[C@@H]4OCC[C@@H]4C3)cc2C)CC1. The molecule has 1 saturated carbocycles. The van der Waals surface area contributed by atoms with Crippen molar-refractivity contribution in [3.05, 3.63) is 17.8 Å². The molecule has 168 valence electrons. The molecule has 0 unspecified atom stereocenters. The molecule has 30 heavy (non-hydrogen) atoms. The first-order valence-electron chi connectivity index (χ1n) is 10.7. The number of hydrogen-bond acceptors (Lipinski definition) is 7. The van der Waals surface area contributed by atoms with E-state index in [0.29, 0.717) is 30.4 Å². The number of nitrogens with one attached hydrogen (secondary N) is 1. The van der Waals surface area contributed by atoms with Crippen LogP contribution in [0.3, 0.4) is 0 Å². The zero-order valence-corrected chi connectivity index (χ0v) is 19.3. The van der Waals surface area contributed by atoms with E-state index in [1.54, 1.807) is 13.8 Å². The van der Waals surface area contributed by atoms with E-state index in [9.17, 15) is 16.8 Å². The zero-order chi connectivity index (χ0) is 21.6. The number of ether oxygens (including phenoxy) is 1. The summed E-state index contributed by atoms with van der Waals surface area (Å²) in [5, 5.41) is 0. The average molecular weight is 458 g/mol. The summed E-state index contributed by atoms with van der Waals surface area (Å²) in [6, 6.07) is 1.82. The maximum absolute atomic E-state index is 12.9. The lowest BCUT2D eigenvalue weighted by Crippen LogP contribution is -2.39. The van der Waals surface area contributed by atoms with Gasteiger partial charge in [-0.05, 0) is 50.7 Å². The van der Waals surface area contributed by atoms with Crippen molar-refractivity contribution in [1.82, 2.24) is 9.71 Å². The molecule has 1 N–H and O–H groups in total. The molecule has 3 fully saturated rings. The van der Waals surface area contributed by atoms with Crippen LogP contribution in [0.15, 0.2) is 17.2 Å². The second-order valence-corrected chi connectivity index (χ2v) is 13.2. The summed E-state index contributed by atoms with van der Waals surface area (Å²) in [5.41, 5.74) is 0.610. The lowest BCUT2D eigenvalue weighted by Gasteiger charge is -2.25. The van der Waals surface area contributed by atoms with Crippen molar-refractivity contribution in [3.8, 4) is 0 Å². The quantitative estimate of drug-likeness (QED) is 0.663. The summed E-state index contributed by atoms with van der Waals surface area (Å²) in [7, 11) is -7.13. The normalized spacial score (nSPS) is 26.3. The minimum Gasteiger partial charge on any atom is -0.378 e. The predicted octanol–water partition coefficient (Wildman–Crippen LogP) is 1.64. The Morgan fingerprint density at radius 3 is 2.70 bits per heavy atom. The molecular weight excluding hydrogens is 426 g/mol. The topological polar surface area (TPSA) is 106 Å². The van der Waals surface area contributed by atoms with Gasteiger partial charge in [-0.3, -0.25) is 0 Å². The molecule has 4 rings (SSSR count). The Labute approximate surface area is 179 Å². The van der Waals surface area contributed by atoms with Gasteiger partial charge in [0.05, 0.1) is 10.9 Å². The molecule has 2 aliphatic heterocycles. The van der Waals surface area contributed by atoms with E-state index in [4.69, 9.17) is 4.74 Å². The van der Waals surface area contributed by atoms with E-state index >= 15 is 0 Å². The minimum absolute atomic E-state index is 0.0206. The van der Waals surface area contributed by atoms with Gasteiger partial charge in [-0.15, -0.1) is 0 Å². The van der Waals surface area contributed by atoms with E-state index < -0.39 is 24.6 Å². The molecule has 0 spiro atoms. The highest BCUT2D eigenvalue weighted by Crippen LogP contribution is 2.43. The number of nitrogens with zero attached hydrogens (tertiary/aromatic N) is 2. The maximum atomic E-state index is 12.9. The lowest BCUT2D eigenvalue weighted by molar-refractivity contribution is 0.0880. The van der Waals surface area contributed by atoms with Crippen molar-refractivity contribution in [1.29, 1.82) is 0 Å². The van der Waals surface area contributed by atoms with Crippen molar-refractivity contribution in [2.75, 3.05) is 36.9 Å². The fraction of sp³-hybridized carbons (Fsp3) is 0.750. The number of anilines is 1. The van der Waals surface area contributed by atoms with Gasteiger partial charge in [-0.2, -0.15) is 0 Å². The summed E-state index contributed by atoms with van der Waals surface area (Å²) < 4.78 is 57.7. The van der Waals surface area contributed by atoms with Crippen LogP contribution in [0.2, 0.25) is 0 Å². The number of fused-ring (bicyclic) bond motifs is 1. The van der Waals surface area contributed by atoms with Gasteiger partial charge >= 0.3 is 0 Å². The molecule has 0 radical (unpaired) electrons. The minimum atomic E-state index is -3.84. The van der Waals surface area contributed by atoms with Crippen LogP contribution in [0.1, 0.15) is 44.6 Å². The third-order valence-electron chi connectivity index (χ3n) is 6.81. The molecule has 0 bridgehead atoms. The molecule has 1 aromatic rings. The van der Waals surface area contributed by atoms with Crippen LogP contribution in [0, 0.1) is 12.8 Å². The standard InChI is InChI=1S/C20H31N3O5S2/c1-3-29(24,25)20(7-8-20)14-22-30(26,27)18-12-21-19(11-15(18)2)23-9-4-5-17-16(13-23)6-10-28-17/h11-12,16-17,22H,3-10,13-14H2,1-2H3/t16-,17+/m1/s1. The molecule has 2 atom stereocenters. The molecule has 10 heteroatoms. The van der Waals surface area contributed by atoms with Crippen molar-refractivity contribution in [2.24, 2.45) is 5.92 Å². The fourth-order valence-corrected chi connectivity index (χ4v) is 7.63. The number of pyridine rings is 1. The first-order chi connectivity index (χ1) is 14.2. The maximum Gasteiger partial charge on any atom is 0.242 e. The Hall–Kier alpha value is -1.23. The number of hydrogen-bond donors (Lipinski definition) is 1. The van der Waals surface area contributed by atoms with Gasteiger partial charge in [0.25, 0.3) is 0 Å².